The number of nitrogens with zero attached hydrogens (tertiary/aromatic N) is 4. The molecule has 1 aromatic rings. The minimum atomic E-state index is -3.15. The minimum Gasteiger partial charge on any atom is -0.357 e. The fourth-order valence-electron chi connectivity index (χ4n) is 1.31. The highest BCUT2D eigenvalue weighted by atomic mass is 32.2. The zero-order valence-corrected chi connectivity index (χ0v) is 11.6. The molecule has 0 aromatic carbocycles. The Kier molecular flexibility index (Phi) is 4.59. The van der Waals surface area contributed by atoms with Gasteiger partial charge in [-0.2, -0.15) is 4.98 Å². The lowest BCUT2D eigenvalue weighted by Gasteiger charge is -2.17. The Balaban J connectivity index is 3.05. The van der Waals surface area contributed by atoms with Gasteiger partial charge in [0.1, 0.15) is 16.0 Å². The highest BCUT2D eigenvalue weighted by Gasteiger charge is 2.21. The standard InChI is InChI=1S/C9H15N5O4S/c1-10-9-11-6-7(14(15)16)8(12-9)13(2)4-5-19(3,17)18/h6H,4-5H2,1-3H3,(H,10,11,12). The normalized spacial score (nSPS) is 11.1. The van der Waals surface area contributed by atoms with Crippen LogP contribution >= 0.6 is 0 Å². The van der Waals surface area contributed by atoms with Crippen LogP contribution < -0.4 is 10.2 Å². The number of anilines is 2. The van der Waals surface area contributed by atoms with Crippen LogP contribution in [0, 0.1) is 10.1 Å². The van der Waals surface area contributed by atoms with E-state index >= 15 is 0 Å². The zero-order chi connectivity index (χ0) is 14.6. The highest BCUT2D eigenvalue weighted by Crippen LogP contribution is 2.24. The van der Waals surface area contributed by atoms with Gasteiger partial charge >= 0.3 is 5.69 Å². The van der Waals surface area contributed by atoms with E-state index in [4.69, 9.17) is 0 Å². The van der Waals surface area contributed by atoms with Gasteiger partial charge in [-0.1, -0.05) is 0 Å². The molecular formula is C9H15N5O4S. The van der Waals surface area contributed by atoms with E-state index in [0.29, 0.717) is 0 Å². The number of rotatable bonds is 6. The van der Waals surface area contributed by atoms with Gasteiger partial charge in [-0.25, -0.2) is 13.4 Å². The number of nitro groups is 1. The van der Waals surface area contributed by atoms with Crippen molar-refractivity contribution in [3.05, 3.63) is 16.3 Å². The Labute approximate surface area is 110 Å². The summed E-state index contributed by atoms with van der Waals surface area (Å²) in [7, 11) is -0.0201. The van der Waals surface area contributed by atoms with Crippen molar-refractivity contribution in [2.75, 3.05) is 42.9 Å². The molecule has 0 radical (unpaired) electrons. The molecule has 0 amide bonds. The van der Waals surface area contributed by atoms with Crippen molar-refractivity contribution in [2.45, 2.75) is 0 Å². The Morgan fingerprint density at radius 3 is 2.63 bits per heavy atom. The first-order valence-corrected chi connectivity index (χ1v) is 7.38. The summed E-state index contributed by atoms with van der Waals surface area (Å²) in [4.78, 5) is 19.4. The molecule has 0 saturated heterocycles. The van der Waals surface area contributed by atoms with Crippen LogP contribution in [0.15, 0.2) is 6.20 Å². The van der Waals surface area contributed by atoms with Gasteiger partial charge in [-0.15, -0.1) is 0 Å². The van der Waals surface area contributed by atoms with Crippen molar-refractivity contribution >= 4 is 27.3 Å². The quantitative estimate of drug-likeness (QED) is 0.570. The van der Waals surface area contributed by atoms with Crippen molar-refractivity contribution in [1.29, 1.82) is 0 Å². The van der Waals surface area contributed by atoms with E-state index in [1.807, 2.05) is 0 Å². The van der Waals surface area contributed by atoms with Crippen molar-refractivity contribution in [1.82, 2.24) is 9.97 Å². The second kappa shape index (κ2) is 5.78. The van der Waals surface area contributed by atoms with E-state index in [1.165, 1.54) is 4.90 Å². The summed E-state index contributed by atoms with van der Waals surface area (Å²) in [6, 6.07) is 0. The Bertz CT molecular complexity index is 574. The second-order valence-electron chi connectivity index (χ2n) is 3.96. The SMILES string of the molecule is CNc1ncc([N+](=O)[O-])c(N(C)CCS(C)(=O)=O)n1. The molecule has 0 spiro atoms. The fraction of sp³-hybridized carbons (Fsp3) is 0.556. The largest absolute Gasteiger partial charge is 0.357 e. The molecule has 0 aliphatic heterocycles. The van der Waals surface area contributed by atoms with E-state index < -0.39 is 14.8 Å². The summed E-state index contributed by atoms with van der Waals surface area (Å²) in [6.07, 6.45) is 2.19. The van der Waals surface area contributed by atoms with Crippen molar-refractivity contribution in [3.8, 4) is 0 Å². The average molecular weight is 289 g/mol. The number of sulfone groups is 1. The van der Waals surface area contributed by atoms with E-state index in [-0.39, 0.29) is 29.8 Å². The van der Waals surface area contributed by atoms with Gasteiger partial charge in [0.25, 0.3) is 0 Å². The summed E-state index contributed by atoms with van der Waals surface area (Å²) < 4.78 is 22.2. The average Bonchev–Trinajstić information content (AvgIpc) is 2.34. The third kappa shape index (κ3) is 4.32. The molecule has 19 heavy (non-hydrogen) atoms. The maximum absolute atomic E-state index is 11.1. The molecule has 10 heteroatoms. The Morgan fingerprint density at radius 1 is 1.53 bits per heavy atom. The lowest BCUT2D eigenvalue weighted by Crippen LogP contribution is -2.26. The number of nitrogens with one attached hydrogen (secondary N) is 1. The van der Waals surface area contributed by atoms with Gasteiger partial charge < -0.3 is 10.2 Å². The van der Waals surface area contributed by atoms with Gasteiger partial charge in [0.05, 0.1) is 10.7 Å². The van der Waals surface area contributed by atoms with Gasteiger partial charge in [0.2, 0.25) is 11.8 Å². The van der Waals surface area contributed by atoms with Crippen molar-refractivity contribution < 1.29 is 13.3 Å². The second-order valence-corrected chi connectivity index (χ2v) is 6.22. The predicted octanol–water partition coefficient (Wildman–Crippen LogP) is -0.0927. The molecule has 106 valence electrons. The summed E-state index contributed by atoms with van der Waals surface area (Å²) >= 11 is 0. The van der Waals surface area contributed by atoms with E-state index in [0.717, 1.165) is 12.5 Å². The van der Waals surface area contributed by atoms with E-state index in [2.05, 4.69) is 15.3 Å². The molecule has 0 aliphatic carbocycles. The summed E-state index contributed by atoms with van der Waals surface area (Å²) in [6.45, 7) is 0.111. The van der Waals surface area contributed by atoms with Crippen LogP contribution in [0.1, 0.15) is 0 Å². The van der Waals surface area contributed by atoms with Gasteiger partial charge in [0, 0.05) is 26.9 Å². The molecule has 0 bridgehead atoms. The lowest BCUT2D eigenvalue weighted by atomic mass is 10.4. The predicted molar refractivity (Wildman–Crippen MR) is 71.2 cm³/mol. The lowest BCUT2D eigenvalue weighted by molar-refractivity contribution is -0.384. The molecule has 0 aliphatic rings. The highest BCUT2D eigenvalue weighted by molar-refractivity contribution is 7.90. The number of aromatic nitrogens is 2. The maximum Gasteiger partial charge on any atom is 0.329 e. The fourth-order valence-corrected chi connectivity index (χ4v) is 1.91. The molecule has 0 fully saturated rings. The first kappa shape index (κ1) is 15.1. The summed E-state index contributed by atoms with van der Waals surface area (Å²) in [5.41, 5.74) is -0.269. The van der Waals surface area contributed by atoms with Gasteiger partial charge in [0.15, 0.2) is 0 Å². The van der Waals surface area contributed by atoms with Crippen molar-refractivity contribution in [2.24, 2.45) is 0 Å². The topological polar surface area (TPSA) is 118 Å². The molecule has 1 heterocycles. The van der Waals surface area contributed by atoms with Gasteiger partial charge in [-0.05, 0) is 0 Å². The molecule has 1 aromatic heterocycles. The van der Waals surface area contributed by atoms with Crippen LogP contribution in [-0.2, 0) is 9.84 Å². The maximum atomic E-state index is 11.1. The zero-order valence-electron chi connectivity index (χ0n) is 10.8. The molecule has 0 atom stereocenters. The van der Waals surface area contributed by atoms with Crippen LogP contribution in [0.25, 0.3) is 0 Å². The molecule has 0 unspecified atom stereocenters. The number of hydrogen-bond donors (Lipinski definition) is 1. The van der Waals surface area contributed by atoms with Crippen LogP contribution in [0.5, 0.6) is 0 Å². The summed E-state index contributed by atoms with van der Waals surface area (Å²) in [5, 5.41) is 13.6. The van der Waals surface area contributed by atoms with Crippen LogP contribution in [0.2, 0.25) is 0 Å². The van der Waals surface area contributed by atoms with Crippen LogP contribution in [0.3, 0.4) is 0 Å². The molecular weight excluding hydrogens is 274 g/mol. The van der Waals surface area contributed by atoms with Crippen LogP contribution in [-0.4, -0.2) is 56.0 Å². The molecule has 9 nitrogen and oxygen atoms in total. The first-order valence-electron chi connectivity index (χ1n) is 5.32. The van der Waals surface area contributed by atoms with Crippen molar-refractivity contribution in [3.63, 3.8) is 0 Å². The third-order valence-electron chi connectivity index (χ3n) is 2.33. The minimum absolute atomic E-state index is 0.0769. The molecule has 0 saturated carbocycles. The van der Waals surface area contributed by atoms with Crippen LogP contribution in [0.4, 0.5) is 17.5 Å². The molecule has 1 rings (SSSR count). The van der Waals surface area contributed by atoms with Gasteiger partial charge in [-0.3, -0.25) is 10.1 Å². The molecule has 1 N–H and O–H groups in total. The first-order chi connectivity index (χ1) is 8.74. The third-order valence-corrected chi connectivity index (χ3v) is 3.25. The number of hydrogen-bond acceptors (Lipinski definition) is 8. The Morgan fingerprint density at radius 2 is 2.16 bits per heavy atom. The van der Waals surface area contributed by atoms with E-state index in [9.17, 15) is 18.5 Å². The smallest absolute Gasteiger partial charge is 0.329 e. The monoisotopic (exact) mass is 289 g/mol. The Hall–Kier alpha value is -1.97. The van der Waals surface area contributed by atoms with E-state index in [1.54, 1.807) is 14.1 Å². The summed E-state index contributed by atoms with van der Waals surface area (Å²) in [5.74, 6) is 0.194.